The van der Waals surface area contributed by atoms with Gasteiger partial charge in [-0.2, -0.15) is 0 Å². The van der Waals surface area contributed by atoms with Crippen LogP contribution >= 0.6 is 0 Å². The lowest BCUT2D eigenvalue weighted by atomic mass is 10.0. The van der Waals surface area contributed by atoms with Crippen molar-refractivity contribution in [2.75, 3.05) is 0 Å². The van der Waals surface area contributed by atoms with E-state index in [1.165, 1.54) is 21.5 Å². The minimum atomic E-state index is 0.629. The summed E-state index contributed by atoms with van der Waals surface area (Å²) in [6, 6.07) is 59.3. The van der Waals surface area contributed by atoms with Crippen molar-refractivity contribution in [3.05, 3.63) is 170 Å². The predicted molar refractivity (Wildman–Crippen MR) is 193 cm³/mol. The van der Waals surface area contributed by atoms with Gasteiger partial charge in [0, 0.05) is 33.0 Å². The third-order valence-electron chi connectivity index (χ3n) is 8.82. The molecule has 0 radical (unpaired) electrons. The van der Waals surface area contributed by atoms with E-state index in [0.29, 0.717) is 17.5 Å². The maximum absolute atomic E-state index is 5.06. The number of nitrogens with zero attached hydrogens (tertiary/aromatic N) is 4. The molecule has 0 unspecified atom stereocenters. The van der Waals surface area contributed by atoms with Crippen molar-refractivity contribution < 1.29 is 0 Å². The SMILES string of the molecule is c1ccc(-c2nc(-c3ccccc3)nc(-c3ccc(-c4ccccc4)c(-n4c5ccccc5c5cc6ccccc6cc54)c3)n2)cc1. The molecule has 0 N–H and O–H groups in total. The normalized spacial score (nSPS) is 11.4. The van der Waals surface area contributed by atoms with Crippen LogP contribution in [-0.4, -0.2) is 19.5 Å². The van der Waals surface area contributed by atoms with Crippen molar-refractivity contribution in [1.29, 1.82) is 0 Å². The number of benzene rings is 7. The highest BCUT2D eigenvalue weighted by Crippen LogP contribution is 2.39. The smallest absolute Gasteiger partial charge is 0.164 e. The molecule has 220 valence electrons. The van der Waals surface area contributed by atoms with E-state index in [4.69, 9.17) is 15.0 Å². The summed E-state index contributed by atoms with van der Waals surface area (Å²) in [5.74, 6) is 1.92. The molecule has 9 aromatic rings. The molecule has 0 aliphatic rings. The van der Waals surface area contributed by atoms with Gasteiger partial charge >= 0.3 is 0 Å². The minimum Gasteiger partial charge on any atom is -0.309 e. The highest BCUT2D eigenvalue weighted by molar-refractivity contribution is 6.14. The maximum Gasteiger partial charge on any atom is 0.164 e. The van der Waals surface area contributed by atoms with Crippen molar-refractivity contribution >= 4 is 32.6 Å². The van der Waals surface area contributed by atoms with Gasteiger partial charge in [0.2, 0.25) is 0 Å². The summed E-state index contributed by atoms with van der Waals surface area (Å²) in [6.07, 6.45) is 0. The van der Waals surface area contributed by atoms with Gasteiger partial charge in [0.25, 0.3) is 0 Å². The molecule has 4 nitrogen and oxygen atoms in total. The lowest BCUT2D eigenvalue weighted by Crippen LogP contribution is -2.02. The second-order valence-electron chi connectivity index (χ2n) is 11.7. The highest BCUT2D eigenvalue weighted by Gasteiger charge is 2.19. The fourth-order valence-electron chi connectivity index (χ4n) is 6.57. The second-order valence-corrected chi connectivity index (χ2v) is 11.7. The number of para-hydroxylation sites is 1. The molecular formula is C43H28N4. The van der Waals surface area contributed by atoms with Crippen LogP contribution in [-0.2, 0) is 0 Å². The van der Waals surface area contributed by atoms with Gasteiger partial charge in [0.05, 0.1) is 16.7 Å². The highest BCUT2D eigenvalue weighted by atomic mass is 15.0. The van der Waals surface area contributed by atoms with Crippen LogP contribution in [0.2, 0.25) is 0 Å². The first kappa shape index (κ1) is 27.0. The zero-order chi connectivity index (χ0) is 31.2. The number of hydrogen-bond acceptors (Lipinski definition) is 3. The molecule has 0 amide bonds. The van der Waals surface area contributed by atoms with Crippen molar-refractivity contribution in [2.24, 2.45) is 0 Å². The zero-order valence-corrected chi connectivity index (χ0v) is 25.5. The lowest BCUT2D eigenvalue weighted by molar-refractivity contribution is 1.07. The molecule has 7 aromatic carbocycles. The minimum absolute atomic E-state index is 0.629. The molecule has 0 aliphatic heterocycles. The lowest BCUT2D eigenvalue weighted by Gasteiger charge is -2.16. The van der Waals surface area contributed by atoms with Gasteiger partial charge in [0.1, 0.15) is 0 Å². The quantitative estimate of drug-likeness (QED) is 0.197. The summed E-state index contributed by atoms with van der Waals surface area (Å²) in [4.78, 5) is 15.0. The van der Waals surface area contributed by atoms with Gasteiger partial charge in [-0.05, 0) is 40.6 Å². The van der Waals surface area contributed by atoms with E-state index in [1.807, 2.05) is 60.7 Å². The van der Waals surface area contributed by atoms with Gasteiger partial charge in [-0.15, -0.1) is 0 Å². The fourth-order valence-corrected chi connectivity index (χ4v) is 6.57. The summed E-state index contributed by atoms with van der Waals surface area (Å²) in [7, 11) is 0. The van der Waals surface area contributed by atoms with Crippen LogP contribution in [0.3, 0.4) is 0 Å². The van der Waals surface area contributed by atoms with Crippen LogP contribution in [0.1, 0.15) is 0 Å². The van der Waals surface area contributed by atoms with Crippen molar-refractivity contribution in [3.63, 3.8) is 0 Å². The Hall–Kier alpha value is -6.39. The number of rotatable bonds is 5. The predicted octanol–water partition coefficient (Wildman–Crippen LogP) is 10.8. The molecule has 47 heavy (non-hydrogen) atoms. The Morgan fingerprint density at radius 3 is 1.49 bits per heavy atom. The number of aromatic nitrogens is 4. The number of hydrogen-bond donors (Lipinski definition) is 0. The van der Waals surface area contributed by atoms with E-state index in [1.54, 1.807) is 0 Å². The summed E-state index contributed by atoms with van der Waals surface area (Å²) < 4.78 is 2.40. The Balaban J connectivity index is 1.34. The third-order valence-corrected chi connectivity index (χ3v) is 8.82. The Labute approximate surface area is 272 Å². The molecule has 0 atom stereocenters. The van der Waals surface area contributed by atoms with Gasteiger partial charge in [-0.25, -0.2) is 15.0 Å². The molecule has 0 saturated carbocycles. The molecular weight excluding hydrogens is 573 g/mol. The van der Waals surface area contributed by atoms with Crippen molar-refractivity contribution in [1.82, 2.24) is 19.5 Å². The number of fused-ring (bicyclic) bond motifs is 4. The summed E-state index contributed by atoms with van der Waals surface area (Å²) in [5, 5.41) is 4.88. The fraction of sp³-hybridized carbons (Fsp3) is 0. The average molecular weight is 601 g/mol. The molecule has 2 aromatic heterocycles. The van der Waals surface area contributed by atoms with Crippen LogP contribution < -0.4 is 0 Å². The van der Waals surface area contributed by atoms with Crippen LogP contribution in [0, 0.1) is 0 Å². The van der Waals surface area contributed by atoms with Gasteiger partial charge in [-0.3, -0.25) is 0 Å². The summed E-state index contributed by atoms with van der Waals surface area (Å²) >= 11 is 0. The monoisotopic (exact) mass is 600 g/mol. The Morgan fingerprint density at radius 2 is 0.851 bits per heavy atom. The molecule has 0 bridgehead atoms. The maximum atomic E-state index is 5.06. The van der Waals surface area contributed by atoms with Gasteiger partial charge in [0.15, 0.2) is 17.5 Å². The van der Waals surface area contributed by atoms with E-state index in [9.17, 15) is 0 Å². The summed E-state index contributed by atoms with van der Waals surface area (Å²) in [5.41, 5.74) is 8.47. The van der Waals surface area contributed by atoms with Gasteiger partial charge in [-0.1, -0.05) is 146 Å². The molecule has 4 heteroatoms. The molecule has 9 rings (SSSR count). The Kier molecular flexibility index (Phi) is 6.43. The van der Waals surface area contributed by atoms with Crippen molar-refractivity contribution in [3.8, 4) is 51.0 Å². The third kappa shape index (κ3) is 4.75. The van der Waals surface area contributed by atoms with Crippen LogP contribution in [0.5, 0.6) is 0 Å². The largest absolute Gasteiger partial charge is 0.309 e. The molecule has 0 saturated heterocycles. The van der Waals surface area contributed by atoms with E-state index in [0.717, 1.165) is 44.5 Å². The topological polar surface area (TPSA) is 43.6 Å². The van der Waals surface area contributed by atoms with E-state index in [-0.39, 0.29) is 0 Å². The second kappa shape index (κ2) is 11.2. The Morgan fingerprint density at radius 1 is 0.340 bits per heavy atom. The van der Waals surface area contributed by atoms with Gasteiger partial charge < -0.3 is 4.57 Å². The first-order valence-electron chi connectivity index (χ1n) is 15.8. The first-order valence-corrected chi connectivity index (χ1v) is 15.8. The van der Waals surface area contributed by atoms with E-state index in [2.05, 4.69) is 114 Å². The molecule has 2 heterocycles. The van der Waals surface area contributed by atoms with E-state index < -0.39 is 0 Å². The standard InChI is InChI=1S/C43H28N4/c1-4-14-29(15-5-1)35-25-24-34(43-45-41(30-16-6-2-7-17-30)44-42(46-43)31-18-8-3-9-19-31)28-39(35)47-38-23-13-12-22-36(38)37-26-32-20-10-11-21-33(32)27-40(37)47/h1-28H. The zero-order valence-electron chi connectivity index (χ0n) is 25.5. The Bertz CT molecular complexity index is 2500. The molecule has 0 fully saturated rings. The van der Waals surface area contributed by atoms with Crippen LogP contribution in [0.25, 0.3) is 83.6 Å². The molecule has 0 aliphatic carbocycles. The van der Waals surface area contributed by atoms with Crippen LogP contribution in [0.15, 0.2) is 170 Å². The first-order chi connectivity index (χ1) is 23.3. The average Bonchev–Trinajstić information content (AvgIpc) is 3.47. The van der Waals surface area contributed by atoms with E-state index >= 15 is 0 Å². The summed E-state index contributed by atoms with van der Waals surface area (Å²) in [6.45, 7) is 0. The molecule has 0 spiro atoms. The van der Waals surface area contributed by atoms with Crippen LogP contribution in [0.4, 0.5) is 0 Å². The van der Waals surface area contributed by atoms with Crippen molar-refractivity contribution in [2.45, 2.75) is 0 Å².